The van der Waals surface area contributed by atoms with Crippen molar-refractivity contribution < 1.29 is 18.0 Å². The molecule has 1 atom stereocenters. The van der Waals surface area contributed by atoms with Crippen LogP contribution in [0.4, 0.5) is 13.2 Å². The zero-order valence-electron chi connectivity index (χ0n) is 15.9. The molecule has 0 radical (unpaired) electrons. The van der Waals surface area contributed by atoms with Gasteiger partial charge in [-0.15, -0.1) is 0 Å². The number of halogens is 3. The van der Waals surface area contributed by atoms with Crippen molar-refractivity contribution in [2.45, 2.75) is 38.6 Å². The predicted octanol–water partition coefficient (Wildman–Crippen LogP) is 4.14. The van der Waals surface area contributed by atoms with Gasteiger partial charge in [-0.1, -0.05) is 6.07 Å². The van der Waals surface area contributed by atoms with Gasteiger partial charge in [0.15, 0.2) is 5.69 Å². The van der Waals surface area contributed by atoms with Crippen LogP contribution in [0, 0.1) is 17.5 Å². The van der Waals surface area contributed by atoms with Crippen molar-refractivity contribution in [3.05, 3.63) is 82.4 Å². The van der Waals surface area contributed by atoms with E-state index in [9.17, 15) is 18.0 Å². The van der Waals surface area contributed by atoms with Gasteiger partial charge in [-0.25, -0.2) is 17.9 Å². The number of hydrogen-bond donors (Lipinski definition) is 1. The smallest absolute Gasteiger partial charge is 0.272 e. The second-order valence-electron chi connectivity index (χ2n) is 7.29. The summed E-state index contributed by atoms with van der Waals surface area (Å²) in [6, 6.07) is 9.16. The third-order valence-electron chi connectivity index (χ3n) is 5.17. The number of nitrogens with one attached hydrogen (secondary N) is 1. The highest BCUT2D eigenvalue weighted by molar-refractivity contribution is 5.94. The number of benzene rings is 2. The molecule has 0 saturated carbocycles. The Morgan fingerprint density at radius 1 is 1.10 bits per heavy atom. The summed E-state index contributed by atoms with van der Waals surface area (Å²) in [5.41, 5.74) is 2.75. The van der Waals surface area contributed by atoms with Crippen LogP contribution < -0.4 is 5.32 Å². The van der Waals surface area contributed by atoms with E-state index in [0.717, 1.165) is 30.5 Å². The molecule has 0 spiro atoms. The molecule has 1 unspecified atom stereocenters. The van der Waals surface area contributed by atoms with Crippen LogP contribution in [0.5, 0.6) is 0 Å². The number of aromatic nitrogens is 2. The molecule has 1 heterocycles. The van der Waals surface area contributed by atoms with Crippen LogP contribution in [-0.2, 0) is 19.3 Å². The third kappa shape index (κ3) is 3.77. The zero-order valence-corrected chi connectivity index (χ0v) is 15.9. The maximum atomic E-state index is 13.9. The van der Waals surface area contributed by atoms with E-state index in [0.29, 0.717) is 11.4 Å². The van der Waals surface area contributed by atoms with Crippen LogP contribution in [0.15, 0.2) is 42.5 Å². The van der Waals surface area contributed by atoms with Crippen LogP contribution >= 0.6 is 0 Å². The molecular formula is C22H20F3N3O. The van der Waals surface area contributed by atoms with E-state index in [1.54, 1.807) is 23.7 Å². The minimum Gasteiger partial charge on any atom is -0.348 e. The fourth-order valence-electron chi connectivity index (χ4n) is 3.79. The molecule has 0 fully saturated rings. The summed E-state index contributed by atoms with van der Waals surface area (Å²) in [7, 11) is 0. The fraction of sp³-hybridized carbons (Fsp3) is 0.273. The van der Waals surface area contributed by atoms with Crippen molar-refractivity contribution in [2.75, 3.05) is 0 Å². The summed E-state index contributed by atoms with van der Waals surface area (Å²) >= 11 is 0. The van der Waals surface area contributed by atoms with Crippen molar-refractivity contribution in [3.8, 4) is 5.69 Å². The zero-order chi connectivity index (χ0) is 20.5. The van der Waals surface area contributed by atoms with Crippen LogP contribution in [-0.4, -0.2) is 21.7 Å². The van der Waals surface area contributed by atoms with Gasteiger partial charge in [-0.05, 0) is 69.0 Å². The summed E-state index contributed by atoms with van der Waals surface area (Å²) < 4.78 is 42.7. The molecule has 1 aliphatic carbocycles. The molecule has 0 saturated heterocycles. The minimum absolute atomic E-state index is 0.0328. The summed E-state index contributed by atoms with van der Waals surface area (Å²) in [6.45, 7) is 1.70. The number of nitrogens with zero attached hydrogens (tertiary/aromatic N) is 2. The molecule has 2 aromatic carbocycles. The highest BCUT2D eigenvalue weighted by atomic mass is 19.1. The maximum Gasteiger partial charge on any atom is 0.272 e. The average molecular weight is 399 g/mol. The summed E-state index contributed by atoms with van der Waals surface area (Å²) in [5.74, 6) is -1.99. The van der Waals surface area contributed by atoms with Crippen molar-refractivity contribution >= 4 is 5.91 Å². The van der Waals surface area contributed by atoms with Gasteiger partial charge in [0.1, 0.15) is 17.5 Å². The van der Waals surface area contributed by atoms with Gasteiger partial charge in [0.05, 0.1) is 5.69 Å². The molecule has 150 valence electrons. The molecule has 29 heavy (non-hydrogen) atoms. The average Bonchev–Trinajstić information content (AvgIpc) is 3.28. The SMILES string of the molecule is CC(Cc1c(F)cccc1F)NC(=O)c1nn(-c2ccc(F)cc2)c2c1CCC2. The third-order valence-corrected chi connectivity index (χ3v) is 5.17. The number of carbonyl (C=O) groups excluding carboxylic acids is 1. The highest BCUT2D eigenvalue weighted by Crippen LogP contribution is 2.28. The van der Waals surface area contributed by atoms with Crippen molar-refractivity contribution in [1.82, 2.24) is 15.1 Å². The van der Waals surface area contributed by atoms with E-state index >= 15 is 0 Å². The van der Waals surface area contributed by atoms with Crippen LogP contribution in [0.2, 0.25) is 0 Å². The molecule has 7 heteroatoms. The molecule has 0 bridgehead atoms. The van der Waals surface area contributed by atoms with Crippen LogP contribution in [0.3, 0.4) is 0 Å². The lowest BCUT2D eigenvalue weighted by atomic mass is 10.1. The topological polar surface area (TPSA) is 46.9 Å². The van der Waals surface area contributed by atoms with E-state index < -0.39 is 17.7 Å². The molecule has 1 amide bonds. The number of carbonyl (C=O) groups is 1. The molecule has 1 N–H and O–H groups in total. The molecule has 1 aromatic heterocycles. The number of rotatable bonds is 5. The van der Waals surface area contributed by atoms with E-state index in [-0.39, 0.29) is 23.7 Å². The monoisotopic (exact) mass is 399 g/mol. The predicted molar refractivity (Wildman–Crippen MR) is 103 cm³/mol. The number of hydrogen-bond acceptors (Lipinski definition) is 2. The van der Waals surface area contributed by atoms with Gasteiger partial charge in [-0.3, -0.25) is 4.79 Å². The van der Waals surface area contributed by atoms with Gasteiger partial charge in [-0.2, -0.15) is 5.10 Å². The molecule has 4 rings (SSSR count). The number of amides is 1. The first-order valence-electron chi connectivity index (χ1n) is 9.54. The molecule has 4 nitrogen and oxygen atoms in total. The lowest BCUT2D eigenvalue weighted by molar-refractivity contribution is 0.0933. The van der Waals surface area contributed by atoms with Gasteiger partial charge in [0, 0.05) is 22.9 Å². The van der Waals surface area contributed by atoms with Gasteiger partial charge >= 0.3 is 0 Å². The largest absolute Gasteiger partial charge is 0.348 e. The maximum absolute atomic E-state index is 13.9. The van der Waals surface area contributed by atoms with Gasteiger partial charge in [0.25, 0.3) is 5.91 Å². The Bertz CT molecular complexity index is 1040. The van der Waals surface area contributed by atoms with E-state index in [1.807, 2.05) is 0 Å². The Morgan fingerprint density at radius 3 is 2.48 bits per heavy atom. The Hall–Kier alpha value is -3.09. The minimum atomic E-state index is -0.632. The first kappa shape index (κ1) is 19.2. The first-order chi connectivity index (χ1) is 13.9. The second kappa shape index (κ2) is 7.73. The summed E-state index contributed by atoms with van der Waals surface area (Å²) in [4.78, 5) is 12.8. The normalized spacial score (nSPS) is 13.9. The number of fused-ring (bicyclic) bond motifs is 1. The molecule has 3 aromatic rings. The van der Waals surface area contributed by atoms with Crippen LogP contribution in [0.1, 0.15) is 40.7 Å². The van der Waals surface area contributed by atoms with Crippen molar-refractivity contribution in [1.29, 1.82) is 0 Å². The molecular weight excluding hydrogens is 379 g/mol. The molecule has 0 aliphatic heterocycles. The van der Waals surface area contributed by atoms with Gasteiger partial charge in [0.2, 0.25) is 0 Å². The summed E-state index contributed by atoms with van der Waals surface area (Å²) in [6.07, 6.45) is 2.45. The Labute approximate surface area is 166 Å². The Kier molecular flexibility index (Phi) is 5.13. The molecule has 1 aliphatic rings. The van der Waals surface area contributed by atoms with E-state index in [1.165, 1.54) is 30.3 Å². The lowest BCUT2D eigenvalue weighted by Gasteiger charge is -2.14. The first-order valence-corrected chi connectivity index (χ1v) is 9.54. The second-order valence-corrected chi connectivity index (χ2v) is 7.29. The van der Waals surface area contributed by atoms with Gasteiger partial charge < -0.3 is 5.32 Å². The quantitative estimate of drug-likeness (QED) is 0.701. The van der Waals surface area contributed by atoms with Crippen molar-refractivity contribution in [2.24, 2.45) is 0 Å². The van der Waals surface area contributed by atoms with Crippen LogP contribution in [0.25, 0.3) is 5.69 Å². The van der Waals surface area contributed by atoms with E-state index in [4.69, 9.17) is 0 Å². The highest BCUT2D eigenvalue weighted by Gasteiger charge is 2.27. The Balaban J connectivity index is 1.56. The lowest BCUT2D eigenvalue weighted by Crippen LogP contribution is -2.35. The Morgan fingerprint density at radius 2 is 1.79 bits per heavy atom. The standard InChI is InChI=1S/C22H20F3N3O/c1-13(12-17-18(24)5-3-6-19(17)25)26-22(29)21-16-4-2-7-20(16)28(27-21)15-10-8-14(23)9-11-15/h3,5-6,8-11,13H,2,4,7,12H2,1H3,(H,26,29). The van der Waals surface area contributed by atoms with E-state index in [2.05, 4.69) is 10.4 Å². The van der Waals surface area contributed by atoms with Crippen molar-refractivity contribution in [3.63, 3.8) is 0 Å². The fourth-order valence-corrected chi connectivity index (χ4v) is 3.79. The summed E-state index contributed by atoms with van der Waals surface area (Å²) in [5, 5.41) is 7.26.